The fourth-order valence-electron chi connectivity index (χ4n) is 3.50. The van der Waals surface area contributed by atoms with Crippen LogP contribution in [0.2, 0.25) is 0 Å². The van der Waals surface area contributed by atoms with Crippen LogP contribution in [-0.4, -0.2) is 0 Å². The van der Waals surface area contributed by atoms with Crippen LogP contribution in [-0.2, 0) is 0 Å². The van der Waals surface area contributed by atoms with E-state index >= 15 is 0 Å². The maximum Gasteiger partial charge on any atom is 0.139 e. The topological polar surface area (TPSA) is 0 Å². The van der Waals surface area contributed by atoms with Crippen LogP contribution in [0.25, 0.3) is 0 Å². The maximum atomic E-state index is 4.64. The molecular weight excluding hydrogens is 319 g/mol. The molecule has 0 nitrogen and oxygen atoms in total. The van der Waals surface area contributed by atoms with Crippen molar-refractivity contribution in [2.75, 3.05) is 0 Å². The van der Waals surface area contributed by atoms with Gasteiger partial charge in [0, 0.05) is 6.42 Å². The van der Waals surface area contributed by atoms with Gasteiger partial charge in [-0.3, -0.25) is 0 Å². The monoisotopic (exact) mass is 345 g/mol. The van der Waals surface area contributed by atoms with Crippen LogP contribution in [0.4, 0.5) is 0 Å². The summed E-state index contributed by atoms with van der Waals surface area (Å²) in [5.41, 5.74) is 0. The van der Waals surface area contributed by atoms with Gasteiger partial charge in [0.25, 0.3) is 0 Å². The minimum atomic E-state index is -1.87. The molecule has 0 bridgehead atoms. The lowest BCUT2D eigenvalue weighted by Gasteiger charge is -2.29. The number of allylic oxidation sites excluding steroid dienone is 1. The molecule has 0 saturated carbocycles. The zero-order chi connectivity index (χ0) is 17.5. The van der Waals surface area contributed by atoms with E-state index in [2.05, 4.69) is 104 Å². The smallest absolute Gasteiger partial charge is 0.0654 e. The van der Waals surface area contributed by atoms with Gasteiger partial charge < -0.3 is 0 Å². The quantitative estimate of drug-likeness (QED) is 0.483. The Morgan fingerprint density at radius 3 is 1.36 bits per heavy atom. The van der Waals surface area contributed by atoms with Gasteiger partial charge >= 0.3 is 0 Å². The lowest BCUT2D eigenvalue weighted by atomic mass is 10.2. The number of hydrogen-bond acceptors (Lipinski definition) is 0. The highest BCUT2D eigenvalue weighted by molar-refractivity contribution is 7.99. The summed E-state index contributed by atoms with van der Waals surface area (Å²) in [4.78, 5) is 0. The molecule has 0 aliphatic rings. The van der Waals surface area contributed by atoms with Gasteiger partial charge in [-0.25, -0.2) is 0 Å². The van der Waals surface area contributed by atoms with E-state index in [0.29, 0.717) is 0 Å². The van der Waals surface area contributed by atoms with E-state index < -0.39 is 7.26 Å². The minimum Gasteiger partial charge on any atom is -0.0654 e. The predicted molar refractivity (Wildman–Crippen MR) is 114 cm³/mol. The molecule has 0 amide bonds. The van der Waals surface area contributed by atoms with Gasteiger partial charge in [-0.15, -0.1) is 0 Å². The summed E-state index contributed by atoms with van der Waals surface area (Å²) in [6, 6.07) is 32.9. The van der Waals surface area contributed by atoms with E-state index in [1.54, 1.807) is 0 Å². The van der Waals surface area contributed by atoms with Crippen LogP contribution in [0, 0.1) is 0 Å². The first kappa shape index (κ1) is 17.6. The Morgan fingerprint density at radius 1 is 0.680 bits per heavy atom. The molecule has 0 unspecified atom stereocenters. The third-order valence-electron chi connectivity index (χ3n) is 4.72. The molecular formula is C24H26P+. The number of hydrogen-bond donors (Lipinski definition) is 0. The van der Waals surface area contributed by atoms with Gasteiger partial charge in [0.05, 0.1) is 5.31 Å². The highest BCUT2D eigenvalue weighted by atomic mass is 31.2. The zero-order valence-corrected chi connectivity index (χ0v) is 15.8. The Bertz CT molecular complexity index is 695. The van der Waals surface area contributed by atoms with E-state index in [-0.39, 0.29) is 0 Å². The van der Waals surface area contributed by atoms with E-state index in [1.807, 2.05) is 0 Å². The normalized spacial score (nSPS) is 11.2. The lowest BCUT2D eigenvalue weighted by molar-refractivity contribution is 0.808. The highest BCUT2D eigenvalue weighted by Crippen LogP contribution is 2.63. The van der Waals surface area contributed by atoms with Crippen molar-refractivity contribution in [1.82, 2.24) is 0 Å². The molecule has 0 aliphatic carbocycles. The summed E-state index contributed by atoms with van der Waals surface area (Å²) >= 11 is 0. The molecule has 0 radical (unpaired) electrons. The molecule has 3 aromatic carbocycles. The average molecular weight is 345 g/mol. The molecule has 0 saturated heterocycles. The van der Waals surface area contributed by atoms with Crippen LogP contribution >= 0.6 is 7.26 Å². The van der Waals surface area contributed by atoms with Crippen molar-refractivity contribution in [2.24, 2.45) is 0 Å². The van der Waals surface area contributed by atoms with Crippen LogP contribution in [0.5, 0.6) is 0 Å². The van der Waals surface area contributed by atoms with E-state index in [9.17, 15) is 0 Å². The summed E-state index contributed by atoms with van der Waals surface area (Å²) in [5, 5.41) is 5.56. The van der Waals surface area contributed by atoms with Crippen LogP contribution < -0.4 is 15.9 Å². The van der Waals surface area contributed by atoms with Gasteiger partial charge in [-0.1, -0.05) is 74.5 Å². The van der Waals surface area contributed by atoms with Crippen molar-refractivity contribution in [3.05, 3.63) is 103 Å². The second kappa shape index (κ2) is 8.28. The molecule has 25 heavy (non-hydrogen) atoms. The fraction of sp³-hybridized carbons (Fsp3) is 0.167. The largest absolute Gasteiger partial charge is 0.139 e. The van der Waals surface area contributed by atoms with Gasteiger partial charge in [0.2, 0.25) is 0 Å². The van der Waals surface area contributed by atoms with Crippen LogP contribution in [0.15, 0.2) is 103 Å². The van der Waals surface area contributed by atoms with Gasteiger partial charge in [-0.05, 0) is 42.8 Å². The first-order valence-electron chi connectivity index (χ1n) is 9.04. The summed E-state index contributed by atoms with van der Waals surface area (Å²) in [6.07, 6.45) is 3.45. The Balaban J connectivity index is 2.30. The van der Waals surface area contributed by atoms with Crippen molar-refractivity contribution in [3.8, 4) is 0 Å². The first-order chi connectivity index (χ1) is 12.3. The third-order valence-corrected chi connectivity index (χ3v) is 9.11. The second-order valence-electron chi connectivity index (χ2n) is 6.35. The molecule has 0 aliphatic heterocycles. The molecule has 0 fully saturated rings. The maximum absolute atomic E-state index is 4.64. The molecule has 3 aromatic rings. The van der Waals surface area contributed by atoms with E-state index in [0.717, 1.165) is 6.42 Å². The first-order valence-corrected chi connectivity index (χ1v) is 10.8. The van der Waals surface area contributed by atoms with Crippen LogP contribution in [0.3, 0.4) is 0 Å². The van der Waals surface area contributed by atoms with Crippen molar-refractivity contribution < 1.29 is 0 Å². The van der Waals surface area contributed by atoms with E-state index in [1.165, 1.54) is 34.1 Å². The molecule has 0 aromatic heterocycles. The van der Waals surface area contributed by atoms with E-state index in [4.69, 9.17) is 0 Å². The van der Waals surface area contributed by atoms with Gasteiger partial charge in [0.1, 0.15) is 23.2 Å². The second-order valence-corrected chi connectivity index (χ2v) is 9.87. The summed E-state index contributed by atoms with van der Waals surface area (Å²) < 4.78 is 0. The molecule has 0 heterocycles. The van der Waals surface area contributed by atoms with Crippen LogP contribution in [0.1, 0.15) is 26.2 Å². The fourth-order valence-corrected chi connectivity index (χ4v) is 7.84. The Labute approximate surface area is 152 Å². The summed E-state index contributed by atoms with van der Waals surface area (Å²) in [6.45, 7) is 6.89. The Hall–Kier alpha value is -2.17. The zero-order valence-electron chi connectivity index (χ0n) is 14.9. The summed E-state index contributed by atoms with van der Waals surface area (Å²) in [7, 11) is -1.87. The van der Waals surface area contributed by atoms with Gasteiger partial charge in [0.15, 0.2) is 0 Å². The number of benzene rings is 3. The van der Waals surface area contributed by atoms with Crippen molar-refractivity contribution in [1.29, 1.82) is 0 Å². The average Bonchev–Trinajstić information content (AvgIpc) is 2.69. The van der Waals surface area contributed by atoms with Crippen molar-refractivity contribution in [2.45, 2.75) is 26.2 Å². The molecule has 3 rings (SSSR count). The molecule has 0 spiro atoms. The highest BCUT2D eigenvalue weighted by Gasteiger charge is 2.47. The van der Waals surface area contributed by atoms with Crippen molar-refractivity contribution in [3.63, 3.8) is 0 Å². The standard InChI is InChI=1S/C24H26P/c1-3-4-14-21(2)25(22-15-8-5-9-16-22,23-17-10-6-11-18-23)24-19-12-7-13-20-24/h5-13,15-20H,2-4,14H2,1H3/q+1. The molecule has 0 atom stereocenters. The lowest BCUT2D eigenvalue weighted by Crippen LogP contribution is -2.32. The SMILES string of the molecule is C=C(CCCC)[P+](c1ccccc1)(c1ccccc1)c1ccccc1. The Morgan fingerprint density at radius 2 is 1.04 bits per heavy atom. The molecule has 0 N–H and O–H groups in total. The van der Waals surface area contributed by atoms with Gasteiger partial charge in [-0.2, -0.15) is 0 Å². The minimum absolute atomic E-state index is 1.07. The number of rotatable bonds is 7. The predicted octanol–water partition coefficient (Wildman–Crippen LogP) is 5.68. The Kier molecular flexibility index (Phi) is 5.84. The number of unbranched alkanes of at least 4 members (excludes halogenated alkanes) is 1. The van der Waals surface area contributed by atoms with Crippen molar-refractivity contribution >= 4 is 23.2 Å². The third kappa shape index (κ3) is 3.46. The summed E-state index contributed by atoms with van der Waals surface area (Å²) in [5.74, 6) is 0. The molecule has 126 valence electrons. The molecule has 1 heteroatoms.